The minimum absolute atomic E-state index is 0.384. The molecule has 104 valence electrons. The number of benzene rings is 2. The molecular weight excluding hydrogens is 299 g/mol. The molecule has 0 amide bonds. The van der Waals surface area contributed by atoms with Gasteiger partial charge in [0.25, 0.3) is 0 Å². The summed E-state index contributed by atoms with van der Waals surface area (Å²) < 4.78 is 10.5. The molecule has 0 N–H and O–H groups in total. The normalized spacial score (nSPS) is 10.2. The van der Waals surface area contributed by atoms with E-state index in [4.69, 9.17) is 32.7 Å². The van der Waals surface area contributed by atoms with Crippen molar-refractivity contribution < 1.29 is 14.3 Å². The van der Waals surface area contributed by atoms with E-state index in [1.54, 1.807) is 24.3 Å². The van der Waals surface area contributed by atoms with E-state index in [0.29, 0.717) is 33.4 Å². The Morgan fingerprint density at radius 2 is 1.80 bits per heavy atom. The molecule has 2 rings (SSSR count). The molecule has 0 aromatic heterocycles. The first-order valence-electron chi connectivity index (χ1n) is 5.78. The topological polar surface area (TPSA) is 35.5 Å². The highest BCUT2D eigenvalue weighted by Gasteiger charge is 2.15. The average molecular weight is 311 g/mol. The van der Waals surface area contributed by atoms with Gasteiger partial charge in [-0.25, -0.2) is 0 Å². The lowest BCUT2D eigenvalue weighted by Crippen LogP contribution is -1.93. The number of halogens is 2. The van der Waals surface area contributed by atoms with Crippen LogP contribution in [-0.2, 0) is 0 Å². The lowest BCUT2D eigenvalue weighted by Gasteiger charge is -2.13. The second-order valence-electron chi connectivity index (χ2n) is 4.02. The lowest BCUT2D eigenvalue weighted by molar-refractivity contribution is 0.112. The summed E-state index contributed by atoms with van der Waals surface area (Å²) in [5, 5.41) is 0.789. The van der Waals surface area contributed by atoms with Gasteiger partial charge in [0.05, 0.1) is 19.2 Å². The van der Waals surface area contributed by atoms with Crippen LogP contribution in [0.5, 0.6) is 11.5 Å². The number of aldehydes is 1. The first-order chi connectivity index (χ1) is 9.62. The van der Waals surface area contributed by atoms with Crippen molar-refractivity contribution >= 4 is 29.5 Å². The fourth-order valence-electron chi connectivity index (χ4n) is 1.92. The van der Waals surface area contributed by atoms with E-state index in [-0.39, 0.29) is 0 Å². The Morgan fingerprint density at radius 3 is 2.40 bits per heavy atom. The van der Waals surface area contributed by atoms with Gasteiger partial charge >= 0.3 is 0 Å². The standard InChI is InChI=1S/C15H12Cl2O3/c1-19-13-6-4-11(15(20-2)14(13)17)9-3-5-12(16)10(7-9)8-18/h3-8H,1-2H3. The van der Waals surface area contributed by atoms with E-state index in [9.17, 15) is 4.79 Å². The summed E-state index contributed by atoms with van der Waals surface area (Å²) in [5.74, 6) is 1.02. The summed E-state index contributed by atoms with van der Waals surface area (Å²) in [6.45, 7) is 0. The molecular formula is C15H12Cl2O3. The van der Waals surface area contributed by atoms with E-state index in [0.717, 1.165) is 11.1 Å². The zero-order valence-electron chi connectivity index (χ0n) is 10.9. The maximum atomic E-state index is 11.0. The molecule has 2 aromatic rings. The molecule has 0 saturated carbocycles. The number of hydrogen-bond acceptors (Lipinski definition) is 3. The Hall–Kier alpha value is -1.71. The van der Waals surface area contributed by atoms with E-state index in [1.165, 1.54) is 14.2 Å². The third-order valence-electron chi connectivity index (χ3n) is 2.92. The Kier molecular flexibility index (Phi) is 4.53. The molecule has 2 aromatic carbocycles. The molecule has 20 heavy (non-hydrogen) atoms. The summed E-state index contributed by atoms with van der Waals surface area (Å²) >= 11 is 12.2. The predicted molar refractivity (Wildman–Crippen MR) is 80.4 cm³/mol. The fourth-order valence-corrected chi connectivity index (χ4v) is 2.41. The van der Waals surface area contributed by atoms with Crippen LogP contribution in [0.3, 0.4) is 0 Å². The number of ether oxygens (including phenoxy) is 2. The summed E-state index contributed by atoms with van der Waals surface area (Å²) in [4.78, 5) is 11.0. The van der Waals surface area contributed by atoms with Gasteiger partial charge in [-0.1, -0.05) is 29.3 Å². The smallest absolute Gasteiger partial charge is 0.151 e. The Morgan fingerprint density at radius 1 is 1.05 bits per heavy atom. The van der Waals surface area contributed by atoms with Crippen molar-refractivity contribution in [3.8, 4) is 22.6 Å². The van der Waals surface area contributed by atoms with Gasteiger partial charge in [-0.05, 0) is 29.8 Å². The van der Waals surface area contributed by atoms with Crippen molar-refractivity contribution in [2.24, 2.45) is 0 Å². The zero-order valence-corrected chi connectivity index (χ0v) is 12.5. The lowest BCUT2D eigenvalue weighted by atomic mass is 10.0. The van der Waals surface area contributed by atoms with Crippen LogP contribution < -0.4 is 9.47 Å². The Balaban J connectivity index is 2.63. The maximum absolute atomic E-state index is 11.0. The van der Waals surface area contributed by atoms with E-state index < -0.39 is 0 Å². The summed E-state index contributed by atoms with van der Waals surface area (Å²) in [7, 11) is 3.06. The molecule has 0 fully saturated rings. The van der Waals surface area contributed by atoms with Crippen molar-refractivity contribution in [3.63, 3.8) is 0 Å². The molecule has 0 radical (unpaired) electrons. The quantitative estimate of drug-likeness (QED) is 0.780. The molecule has 3 nitrogen and oxygen atoms in total. The van der Waals surface area contributed by atoms with Crippen LogP contribution in [0, 0.1) is 0 Å². The third-order valence-corrected chi connectivity index (χ3v) is 3.62. The van der Waals surface area contributed by atoms with Gasteiger partial charge in [-0.3, -0.25) is 4.79 Å². The molecule has 0 spiro atoms. The van der Waals surface area contributed by atoms with E-state index in [1.807, 2.05) is 6.07 Å². The third kappa shape index (κ3) is 2.60. The highest BCUT2D eigenvalue weighted by Crippen LogP contribution is 2.42. The number of methoxy groups -OCH3 is 2. The molecule has 0 atom stereocenters. The van der Waals surface area contributed by atoms with Crippen LogP contribution >= 0.6 is 23.2 Å². The largest absolute Gasteiger partial charge is 0.495 e. The van der Waals surface area contributed by atoms with Gasteiger partial charge in [-0.2, -0.15) is 0 Å². The van der Waals surface area contributed by atoms with Gasteiger partial charge < -0.3 is 9.47 Å². The van der Waals surface area contributed by atoms with E-state index >= 15 is 0 Å². The van der Waals surface area contributed by atoms with Gasteiger partial charge in [0.1, 0.15) is 16.5 Å². The summed E-state index contributed by atoms with van der Waals surface area (Å²) in [5.41, 5.74) is 1.97. The van der Waals surface area contributed by atoms with Crippen LogP contribution in [0.15, 0.2) is 30.3 Å². The van der Waals surface area contributed by atoms with Gasteiger partial charge in [0.2, 0.25) is 0 Å². The van der Waals surface area contributed by atoms with Gasteiger partial charge in [0.15, 0.2) is 6.29 Å². The molecule has 0 aliphatic heterocycles. The minimum atomic E-state index is 0.384. The van der Waals surface area contributed by atoms with Crippen molar-refractivity contribution in [1.82, 2.24) is 0 Å². The highest BCUT2D eigenvalue weighted by atomic mass is 35.5. The van der Waals surface area contributed by atoms with Crippen LogP contribution in [0.25, 0.3) is 11.1 Å². The SMILES string of the molecule is COc1ccc(-c2ccc(Cl)c(C=O)c2)c(OC)c1Cl. The maximum Gasteiger partial charge on any atom is 0.151 e. The second-order valence-corrected chi connectivity index (χ2v) is 4.80. The first-order valence-corrected chi connectivity index (χ1v) is 6.53. The fraction of sp³-hybridized carbons (Fsp3) is 0.133. The molecule has 0 heterocycles. The van der Waals surface area contributed by atoms with Crippen LogP contribution in [0.4, 0.5) is 0 Å². The summed E-state index contributed by atoms with van der Waals surface area (Å²) in [6.07, 6.45) is 0.712. The molecule has 0 aliphatic rings. The molecule has 0 saturated heterocycles. The Labute approximate surface area is 127 Å². The van der Waals surface area contributed by atoms with Crippen LogP contribution in [0.1, 0.15) is 10.4 Å². The number of hydrogen-bond donors (Lipinski definition) is 0. The predicted octanol–water partition coefficient (Wildman–Crippen LogP) is 4.49. The number of carbonyl (C=O) groups is 1. The first kappa shape index (κ1) is 14.7. The van der Waals surface area contributed by atoms with Crippen molar-refractivity contribution in [2.75, 3.05) is 14.2 Å². The molecule has 0 unspecified atom stereocenters. The van der Waals surface area contributed by atoms with Crippen molar-refractivity contribution in [3.05, 3.63) is 45.9 Å². The van der Waals surface area contributed by atoms with Gasteiger partial charge in [0, 0.05) is 11.1 Å². The molecule has 5 heteroatoms. The number of carbonyl (C=O) groups excluding carboxylic acids is 1. The monoisotopic (exact) mass is 310 g/mol. The highest BCUT2D eigenvalue weighted by molar-refractivity contribution is 6.34. The van der Waals surface area contributed by atoms with Crippen LogP contribution in [-0.4, -0.2) is 20.5 Å². The second kappa shape index (κ2) is 6.16. The van der Waals surface area contributed by atoms with Crippen LogP contribution in [0.2, 0.25) is 10.0 Å². The molecule has 0 bridgehead atoms. The average Bonchev–Trinajstić information content (AvgIpc) is 2.47. The van der Waals surface area contributed by atoms with Crippen molar-refractivity contribution in [1.29, 1.82) is 0 Å². The van der Waals surface area contributed by atoms with E-state index in [2.05, 4.69) is 0 Å². The Bertz CT molecular complexity index is 654. The molecule has 0 aliphatic carbocycles. The summed E-state index contributed by atoms with van der Waals surface area (Å²) in [6, 6.07) is 8.72. The zero-order chi connectivity index (χ0) is 14.7. The minimum Gasteiger partial charge on any atom is -0.495 e. The number of rotatable bonds is 4. The van der Waals surface area contributed by atoms with Crippen molar-refractivity contribution in [2.45, 2.75) is 0 Å². The van der Waals surface area contributed by atoms with Gasteiger partial charge in [-0.15, -0.1) is 0 Å².